The van der Waals surface area contributed by atoms with Gasteiger partial charge in [0.05, 0.1) is 5.69 Å². The number of nitrogens with two attached hydrogens (primary N) is 1. The molecule has 0 unspecified atom stereocenters. The average molecular weight is 286 g/mol. The lowest BCUT2D eigenvalue weighted by Crippen LogP contribution is -2.40. The predicted octanol–water partition coefficient (Wildman–Crippen LogP) is 2.13. The SMILES string of the molecule is NC1CCN(c2nccc(Cc3ccc(F)cc3)n2)CC1. The molecule has 0 saturated carbocycles. The van der Waals surface area contributed by atoms with Crippen LogP contribution in [0.5, 0.6) is 0 Å². The molecule has 4 nitrogen and oxygen atoms in total. The molecule has 2 aromatic rings. The van der Waals surface area contributed by atoms with E-state index in [1.165, 1.54) is 12.1 Å². The summed E-state index contributed by atoms with van der Waals surface area (Å²) in [5.41, 5.74) is 7.91. The Morgan fingerprint density at radius 3 is 2.57 bits per heavy atom. The topological polar surface area (TPSA) is 55.0 Å². The molecule has 2 N–H and O–H groups in total. The van der Waals surface area contributed by atoms with E-state index < -0.39 is 0 Å². The van der Waals surface area contributed by atoms with Gasteiger partial charge in [0.2, 0.25) is 5.95 Å². The van der Waals surface area contributed by atoms with Crippen LogP contribution in [0.25, 0.3) is 0 Å². The fraction of sp³-hybridized carbons (Fsp3) is 0.375. The predicted molar refractivity (Wildman–Crippen MR) is 80.7 cm³/mol. The van der Waals surface area contributed by atoms with Crippen LogP contribution in [-0.2, 0) is 6.42 Å². The first kappa shape index (κ1) is 13.9. The summed E-state index contributed by atoms with van der Waals surface area (Å²) in [5.74, 6) is 0.549. The van der Waals surface area contributed by atoms with Gasteiger partial charge in [0.1, 0.15) is 5.82 Å². The van der Waals surface area contributed by atoms with Crippen molar-refractivity contribution in [2.24, 2.45) is 5.73 Å². The molecule has 0 aliphatic carbocycles. The van der Waals surface area contributed by atoms with Gasteiger partial charge in [0, 0.05) is 31.7 Å². The van der Waals surface area contributed by atoms with Gasteiger partial charge in [-0.1, -0.05) is 12.1 Å². The van der Waals surface area contributed by atoms with Gasteiger partial charge in [-0.2, -0.15) is 0 Å². The molecule has 1 fully saturated rings. The molecular formula is C16H19FN4. The molecule has 21 heavy (non-hydrogen) atoms. The summed E-state index contributed by atoms with van der Waals surface area (Å²) in [4.78, 5) is 11.2. The number of aromatic nitrogens is 2. The highest BCUT2D eigenvalue weighted by atomic mass is 19.1. The highest BCUT2D eigenvalue weighted by molar-refractivity contribution is 5.32. The van der Waals surface area contributed by atoms with Gasteiger partial charge in [-0.05, 0) is 36.6 Å². The average Bonchev–Trinajstić information content (AvgIpc) is 2.51. The van der Waals surface area contributed by atoms with Crippen LogP contribution in [0, 0.1) is 5.82 Å². The summed E-state index contributed by atoms with van der Waals surface area (Å²) in [6.45, 7) is 1.81. The summed E-state index contributed by atoms with van der Waals surface area (Å²) >= 11 is 0. The first-order chi connectivity index (χ1) is 10.2. The molecule has 3 rings (SSSR count). The van der Waals surface area contributed by atoms with E-state index in [1.807, 2.05) is 6.07 Å². The van der Waals surface area contributed by atoms with Crippen LogP contribution in [0.15, 0.2) is 36.5 Å². The fourth-order valence-corrected chi connectivity index (χ4v) is 2.55. The van der Waals surface area contributed by atoms with Crippen molar-refractivity contribution in [1.82, 2.24) is 9.97 Å². The fourth-order valence-electron chi connectivity index (χ4n) is 2.55. The van der Waals surface area contributed by atoms with Gasteiger partial charge in [0.15, 0.2) is 0 Å². The zero-order chi connectivity index (χ0) is 14.7. The Kier molecular flexibility index (Phi) is 4.10. The van der Waals surface area contributed by atoms with Crippen molar-refractivity contribution in [1.29, 1.82) is 0 Å². The molecule has 1 saturated heterocycles. The molecule has 0 atom stereocenters. The third kappa shape index (κ3) is 3.55. The highest BCUT2D eigenvalue weighted by Crippen LogP contribution is 2.16. The van der Waals surface area contributed by atoms with E-state index in [0.717, 1.165) is 43.1 Å². The summed E-state index contributed by atoms with van der Waals surface area (Å²) in [6.07, 6.45) is 4.43. The maximum Gasteiger partial charge on any atom is 0.225 e. The molecule has 0 radical (unpaired) electrons. The Morgan fingerprint density at radius 2 is 1.86 bits per heavy atom. The van der Waals surface area contributed by atoms with Crippen LogP contribution in [-0.4, -0.2) is 29.1 Å². The van der Waals surface area contributed by atoms with Crippen molar-refractivity contribution in [3.8, 4) is 0 Å². The lowest BCUT2D eigenvalue weighted by Gasteiger charge is -2.30. The van der Waals surface area contributed by atoms with E-state index in [9.17, 15) is 4.39 Å². The van der Waals surface area contributed by atoms with E-state index in [4.69, 9.17) is 5.73 Å². The van der Waals surface area contributed by atoms with E-state index in [-0.39, 0.29) is 5.82 Å². The van der Waals surface area contributed by atoms with Crippen LogP contribution >= 0.6 is 0 Å². The number of anilines is 1. The van der Waals surface area contributed by atoms with Crippen molar-refractivity contribution in [2.75, 3.05) is 18.0 Å². The molecule has 1 aromatic heterocycles. The first-order valence-electron chi connectivity index (χ1n) is 7.27. The Balaban J connectivity index is 1.72. The quantitative estimate of drug-likeness (QED) is 0.939. The van der Waals surface area contributed by atoms with Crippen LogP contribution in [0.4, 0.5) is 10.3 Å². The molecule has 5 heteroatoms. The van der Waals surface area contributed by atoms with Gasteiger partial charge >= 0.3 is 0 Å². The minimum Gasteiger partial charge on any atom is -0.341 e. The number of rotatable bonds is 3. The molecule has 110 valence electrons. The van der Waals surface area contributed by atoms with Gasteiger partial charge in [0.25, 0.3) is 0 Å². The summed E-state index contributed by atoms with van der Waals surface area (Å²) in [7, 11) is 0. The Hall–Kier alpha value is -2.01. The largest absolute Gasteiger partial charge is 0.341 e. The molecule has 0 amide bonds. The van der Waals surface area contributed by atoms with Gasteiger partial charge in [-0.25, -0.2) is 14.4 Å². The van der Waals surface area contributed by atoms with E-state index in [0.29, 0.717) is 12.5 Å². The number of halogens is 1. The van der Waals surface area contributed by atoms with Crippen LogP contribution in [0.2, 0.25) is 0 Å². The monoisotopic (exact) mass is 286 g/mol. The molecule has 1 aliphatic rings. The second kappa shape index (κ2) is 6.18. The zero-order valence-corrected chi connectivity index (χ0v) is 11.9. The number of piperidine rings is 1. The van der Waals surface area contributed by atoms with Crippen molar-refractivity contribution in [2.45, 2.75) is 25.3 Å². The second-order valence-electron chi connectivity index (χ2n) is 5.48. The summed E-state index contributed by atoms with van der Waals surface area (Å²) in [6, 6.07) is 8.73. The van der Waals surface area contributed by atoms with Crippen LogP contribution < -0.4 is 10.6 Å². The number of hydrogen-bond donors (Lipinski definition) is 1. The Morgan fingerprint density at radius 1 is 1.14 bits per heavy atom. The maximum absolute atomic E-state index is 12.9. The first-order valence-corrected chi connectivity index (χ1v) is 7.27. The maximum atomic E-state index is 12.9. The second-order valence-corrected chi connectivity index (χ2v) is 5.48. The lowest BCUT2D eigenvalue weighted by molar-refractivity contribution is 0.495. The molecule has 2 heterocycles. The highest BCUT2D eigenvalue weighted by Gasteiger charge is 2.18. The summed E-state index contributed by atoms with van der Waals surface area (Å²) < 4.78 is 12.9. The third-order valence-corrected chi connectivity index (χ3v) is 3.82. The van der Waals surface area contributed by atoms with Crippen molar-refractivity contribution >= 4 is 5.95 Å². The van der Waals surface area contributed by atoms with Crippen molar-refractivity contribution in [3.05, 3.63) is 53.6 Å². The van der Waals surface area contributed by atoms with Crippen LogP contribution in [0.3, 0.4) is 0 Å². The Labute approximate surface area is 123 Å². The Bertz CT molecular complexity index is 591. The smallest absolute Gasteiger partial charge is 0.225 e. The third-order valence-electron chi connectivity index (χ3n) is 3.82. The van der Waals surface area contributed by atoms with Crippen LogP contribution in [0.1, 0.15) is 24.1 Å². The number of benzene rings is 1. The van der Waals surface area contributed by atoms with Crippen molar-refractivity contribution < 1.29 is 4.39 Å². The van der Waals surface area contributed by atoms with Gasteiger partial charge in [-0.3, -0.25) is 0 Å². The molecule has 0 bridgehead atoms. The van der Waals surface area contributed by atoms with Crippen molar-refractivity contribution in [3.63, 3.8) is 0 Å². The summed E-state index contributed by atoms with van der Waals surface area (Å²) in [5, 5.41) is 0. The number of hydrogen-bond acceptors (Lipinski definition) is 4. The van der Waals surface area contributed by atoms with Gasteiger partial charge < -0.3 is 10.6 Å². The molecule has 0 spiro atoms. The van der Waals surface area contributed by atoms with E-state index >= 15 is 0 Å². The van der Waals surface area contributed by atoms with Gasteiger partial charge in [-0.15, -0.1) is 0 Å². The van der Waals surface area contributed by atoms with E-state index in [2.05, 4.69) is 14.9 Å². The lowest BCUT2D eigenvalue weighted by atomic mass is 10.1. The molecule has 1 aliphatic heterocycles. The molecule has 1 aromatic carbocycles. The molecular weight excluding hydrogens is 267 g/mol. The normalized spacial score (nSPS) is 16.2. The zero-order valence-electron chi connectivity index (χ0n) is 11.9. The van der Waals surface area contributed by atoms with E-state index in [1.54, 1.807) is 18.3 Å². The standard InChI is InChI=1S/C16H19FN4/c17-13-3-1-12(2-4-13)11-15-5-8-19-16(20-15)21-9-6-14(18)7-10-21/h1-5,8,14H,6-7,9-11,18H2. The minimum atomic E-state index is -0.216. The number of nitrogens with zero attached hydrogens (tertiary/aromatic N) is 3. The minimum absolute atomic E-state index is 0.216.